The van der Waals surface area contributed by atoms with Gasteiger partial charge < -0.3 is 4.90 Å². The summed E-state index contributed by atoms with van der Waals surface area (Å²) in [5, 5.41) is 9.55. The predicted molar refractivity (Wildman–Crippen MR) is 112 cm³/mol. The molecule has 0 saturated carbocycles. The van der Waals surface area contributed by atoms with Crippen molar-refractivity contribution >= 4 is 22.9 Å². The lowest BCUT2D eigenvalue weighted by Crippen LogP contribution is -2.44. The van der Waals surface area contributed by atoms with E-state index in [1.54, 1.807) is 6.08 Å². The monoisotopic (exact) mass is 396 g/mol. The molecule has 0 atom stereocenters. The Morgan fingerprint density at radius 2 is 1.90 bits per heavy atom. The molecule has 0 aromatic heterocycles. The quantitative estimate of drug-likeness (QED) is 0.422. The van der Waals surface area contributed by atoms with Crippen LogP contribution in [0, 0.1) is 11.3 Å². The zero-order valence-electron chi connectivity index (χ0n) is 16.9. The average molecular weight is 396 g/mol. The fourth-order valence-corrected chi connectivity index (χ4v) is 3.98. The third kappa shape index (κ3) is 4.07. The molecule has 0 N–H and O–H groups in total. The number of hydrogen-bond acceptors (Lipinski definition) is 2. The zero-order chi connectivity index (χ0) is 21.4. The van der Waals surface area contributed by atoms with Crippen LogP contribution >= 0.6 is 0 Å². The van der Waals surface area contributed by atoms with E-state index in [2.05, 4.69) is 38.7 Å². The molecule has 0 saturated heterocycles. The number of allylic oxidation sites excluding steroid dienone is 2. The summed E-state index contributed by atoms with van der Waals surface area (Å²) < 4.78 is 39.0. The molecular formula is C24H23F3N2. The van der Waals surface area contributed by atoms with Crippen molar-refractivity contribution < 1.29 is 13.2 Å². The van der Waals surface area contributed by atoms with E-state index in [-0.39, 0.29) is 16.7 Å². The Labute approximate surface area is 169 Å². The van der Waals surface area contributed by atoms with Crippen molar-refractivity contribution in [3.05, 3.63) is 70.8 Å². The van der Waals surface area contributed by atoms with E-state index in [1.165, 1.54) is 12.1 Å². The highest BCUT2D eigenvalue weighted by Crippen LogP contribution is 2.39. The number of likely N-dealkylation sites (N-methyl/N-ethyl adjacent to an activating group) is 1. The third-order valence-electron chi connectivity index (χ3n) is 5.25. The van der Waals surface area contributed by atoms with Gasteiger partial charge in [-0.05, 0) is 74.7 Å². The molecule has 0 fully saturated rings. The Hall–Kier alpha value is -3.00. The Morgan fingerprint density at radius 3 is 2.52 bits per heavy atom. The molecule has 0 bridgehead atoms. The number of fused-ring (bicyclic) bond motifs is 1. The minimum atomic E-state index is -4.44. The topological polar surface area (TPSA) is 27.0 Å². The first-order valence-corrected chi connectivity index (χ1v) is 9.48. The minimum absolute atomic E-state index is 0.0982. The highest BCUT2D eigenvalue weighted by atomic mass is 19.4. The van der Waals surface area contributed by atoms with Crippen LogP contribution in [0.15, 0.2) is 48.5 Å². The molecule has 0 unspecified atom stereocenters. The highest BCUT2D eigenvalue weighted by molar-refractivity contribution is 5.91. The van der Waals surface area contributed by atoms with Crippen LogP contribution in [0.2, 0.25) is 0 Å². The molecule has 2 nitrogen and oxygen atoms in total. The summed E-state index contributed by atoms with van der Waals surface area (Å²) in [4.78, 5) is 2.31. The van der Waals surface area contributed by atoms with Crippen LogP contribution in [0.4, 0.5) is 18.9 Å². The molecule has 2 aromatic carbocycles. The van der Waals surface area contributed by atoms with Crippen LogP contribution in [0.25, 0.3) is 17.2 Å². The maximum Gasteiger partial charge on any atom is 0.416 e. The van der Waals surface area contributed by atoms with Gasteiger partial charge in [0, 0.05) is 17.8 Å². The molecule has 0 amide bonds. The Balaban J connectivity index is 2.05. The van der Waals surface area contributed by atoms with E-state index in [9.17, 15) is 18.4 Å². The summed E-state index contributed by atoms with van der Waals surface area (Å²) in [6.45, 7) is 9.34. The smallest absolute Gasteiger partial charge is 0.363 e. The second-order valence-corrected chi connectivity index (χ2v) is 7.75. The van der Waals surface area contributed by atoms with Crippen LogP contribution in [0.1, 0.15) is 49.9 Å². The van der Waals surface area contributed by atoms with E-state index >= 15 is 0 Å². The lowest BCUT2D eigenvalue weighted by molar-refractivity contribution is -0.137. The van der Waals surface area contributed by atoms with Gasteiger partial charge in [-0.3, -0.25) is 0 Å². The van der Waals surface area contributed by atoms with Gasteiger partial charge in [0.1, 0.15) is 0 Å². The average Bonchev–Trinajstić information content (AvgIpc) is 2.65. The summed E-state index contributed by atoms with van der Waals surface area (Å²) in [6.07, 6.45) is -0.593. The van der Waals surface area contributed by atoms with Gasteiger partial charge in [0.2, 0.25) is 0 Å². The molecule has 2 aromatic rings. The second kappa shape index (κ2) is 7.44. The number of halogens is 3. The maximum atomic E-state index is 13.0. The van der Waals surface area contributed by atoms with Crippen LogP contribution in [-0.4, -0.2) is 12.1 Å². The van der Waals surface area contributed by atoms with Crippen molar-refractivity contribution in [3.63, 3.8) is 0 Å². The molecule has 3 rings (SSSR count). The van der Waals surface area contributed by atoms with E-state index in [4.69, 9.17) is 0 Å². The molecule has 0 spiro atoms. The van der Waals surface area contributed by atoms with Gasteiger partial charge >= 0.3 is 6.18 Å². The first-order chi connectivity index (χ1) is 13.6. The van der Waals surface area contributed by atoms with Crippen LogP contribution in [-0.2, 0) is 6.18 Å². The predicted octanol–water partition coefficient (Wildman–Crippen LogP) is 6.79. The number of benzene rings is 2. The lowest BCUT2D eigenvalue weighted by atomic mass is 9.87. The number of rotatable bonds is 3. The standard InChI is InChI=1S/C24H23F3N2/c1-5-29-22-10-9-17(12-21(22)16(2)14-23(29,3)4)11-19(15-28)18-7-6-8-20(13-18)24(25,26)27/h6-14H,5H2,1-4H3/b19-11+. The second-order valence-electron chi connectivity index (χ2n) is 7.75. The van der Waals surface area contributed by atoms with Crippen molar-refractivity contribution in [2.24, 2.45) is 0 Å². The number of nitrogens with zero attached hydrogens (tertiary/aromatic N) is 2. The van der Waals surface area contributed by atoms with E-state index in [1.807, 2.05) is 24.3 Å². The zero-order valence-corrected chi connectivity index (χ0v) is 16.9. The lowest BCUT2D eigenvalue weighted by Gasteiger charge is -2.42. The molecule has 1 aliphatic rings. The molecule has 29 heavy (non-hydrogen) atoms. The summed E-state index contributed by atoms with van der Waals surface area (Å²) in [5.41, 5.74) is 3.70. The number of alkyl halides is 3. The van der Waals surface area contributed by atoms with E-state index in [0.29, 0.717) is 0 Å². The van der Waals surface area contributed by atoms with Crippen molar-refractivity contribution in [3.8, 4) is 6.07 Å². The third-order valence-corrected chi connectivity index (χ3v) is 5.25. The van der Waals surface area contributed by atoms with Crippen LogP contribution in [0.5, 0.6) is 0 Å². The van der Waals surface area contributed by atoms with Crippen LogP contribution in [0.3, 0.4) is 0 Å². The number of anilines is 1. The van der Waals surface area contributed by atoms with Crippen molar-refractivity contribution in [2.45, 2.75) is 39.4 Å². The summed E-state index contributed by atoms with van der Waals surface area (Å²) in [6, 6.07) is 12.8. The van der Waals surface area contributed by atoms with Gasteiger partial charge in [-0.15, -0.1) is 0 Å². The Kier molecular flexibility index (Phi) is 5.32. The maximum absolute atomic E-state index is 13.0. The van der Waals surface area contributed by atoms with Gasteiger partial charge in [-0.2, -0.15) is 18.4 Å². The summed E-state index contributed by atoms with van der Waals surface area (Å²) in [5.74, 6) is 0. The molecule has 1 aliphatic heterocycles. The molecular weight excluding hydrogens is 373 g/mol. The van der Waals surface area contributed by atoms with Crippen molar-refractivity contribution in [1.82, 2.24) is 0 Å². The number of hydrogen-bond donors (Lipinski definition) is 0. The van der Waals surface area contributed by atoms with Gasteiger partial charge in [0.25, 0.3) is 0 Å². The fraction of sp³-hybridized carbons (Fsp3) is 0.292. The number of nitriles is 1. The van der Waals surface area contributed by atoms with Gasteiger partial charge in [-0.1, -0.05) is 24.3 Å². The molecule has 5 heteroatoms. The van der Waals surface area contributed by atoms with Gasteiger partial charge in [0.05, 0.1) is 22.7 Å². The molecule has 1 heterocycles. The summed E-state index contributed by atoms with van der Waals surface area (Å²) >= 11 is 0. The SMILES string of the molecule is CCN1c2ccc(/C=C(\C#N)c3cccc(C(F)(F)F)c3)cc2C(C)=CC1(C)C. The highest BCUT2D eigenvalue weighted by Gasteiger charge is 2.31. The first-order valence-electron chi connectivity index (χ1n) is 9.48. The molecule has 0 aliphatic carbocycles. The van der Waals surface area contributed by atoms with Crippen LogP contribution < -0.4 is 4.90 Å². The minimum Gasteiger partial charge on any atom is -0.363 e. The summed E-state index contributed by atoms with van der Waals surface area (Å²) in [7, 11) is 0. The normalized spacial score (nSPS) is 16.1. The molecule has 150 valence electrons. The van der Waals surface area contributed by atoms with Crippen molar-refractivity contribution in [1.29, 1.82) is 5.26 Å². The van der Waals surface area contributed by atoms with Crippen molar-refractivity contribution in [2.75, 3.05) is 11.4 Å². The fourth-order valence-electron chi connectivity index (χ4n) is 3.98. The first kappa shape index (κ1) is 20.7. The Bertz CT molecular complexity index is 1040. The van der Waals surface area contributed by atoms with Gasteiger partial charge in [-0.25, -0.2) is 0 Å². The van der Waals surface area contributed by atoms with E-state index < -0.39 is 11.7 Å². The van der Waals surface area contributed by atoms with E-state index in [0.717, 1.165) is 41.1 Å². The Morgan fingerprint density at radius 1 is 1.17 bits per heavy atom. The van der Waals surface area contributed by atoms with Gasteiger partial charge in [0.15, 0.2) is 0 Å². The molecule has 0 radical (unpaired) electrons. The largest absolute Gasteiger partial charge is 0.416 e.